The zero-order valence-electron chi connectivity index (χ0n) is 17.9. The highest BCUT2D eigenvalue weighted by Crippen LogP contribution is 2.26. The third-order valence-corrected chi connectivity index (χ3v) is 5.41. The highest BCUT2D eigenvalue weighted by atomic mass is 32.2. The maximum absolute atomic E-state index is 12.3. The molecule has 28 heavy (non-hydrogen) atoms. The number of thioether (sulfide) groups is 1. The minimum Gasteiger partial charge on any atom is -0.359 e. The smallest absolute Gasteiger partial charge is 0.251 e. The van der Waals surface area contributed by atoms with E-state index in [0.717, 1.165) is 46.5 Å². The molecule has 1 aromatic carbocycles. The van der Waals surface area contributed by atoms with Crippen LogP contribution in [0.2, 0.25) is 0 Å². The van der Waals surface area contributed by atoms with Gasteiger partial charge in [0.15, 0.2) is 5.16 Å². The molecule has 2 rings (SSSR count). The Labute approximate surface area is 173 Å². The maximum Gasteiger partial charge on any atom is 0.251 e. The first-order chi connectivity index (χ1) is 13.3. The van der Waals surface area contributed by atoms with Gasteiger partial charge in [-0.25, -0.2) is 9.97 Å². The van der Waals surface area contributed by atoms with Gasteiger partial charge in [-0.1, -0.05) is 44.7 Å². The predicted octanol–water partition coefficient (Wildman–Crippen LogP) is 4.62. The molecule has 0 aliphatic rings. The number of hydrogen-bond acceptors (Lipinski definition) is 5. The topological polar surface area (TPSA) is 58.1 Å². The van der Waals surface area contributed by atoms with Crippen molar-refractivity contribution in [3.63, 3.8) is 0 Å². The van der Waals surface area contributed by atoms with Crippen LogP contribution >= 0.6 is 11.8 Å². The lowest BCUT2D eigenvalue weighted by molar-refractivity contribution is 0.0949. The number of rotatable bonds is 9. The molecule has 0 spiro atoms. The predicted molar refractivity (Wildman–Crippen MR) is 118 cm³/mol. The van der Waals surface area contributed by atoms with E-state index in [-0.39, 0.29) is 5.91 Å². The van der Waals surface area contributed by atoms with Crippen LogP contribution in [0.15, 0.2) is 29.4 Å². The van der Waals surface area contributed by atoms with Gasteiger partial charge in [0.1, 0.15) is 5.82 Å². The monoisotopic (exact) mass is 400 g/mol. The Bertz CT molecular complexity index is 807. The molecule has 1 N–H and O–H groups in total. The van der Waals surface area contributed by atoms with Crippen molar-refractivity contribution < 1.29 is 4.79 Å². The summed E-state index contributed by atoms with van der Waals surface area (Å²) < 4.78 is 0. The molecule has 0 bridgehead atoms. The number of benzene rings is 1. The van der Waals surface area contributed by atoms with Gasteiger partial charge in [0.25, 0.3) is 5.91 Å². The molecule has 0 atom stereocenters. The SMILES string of the molecule is CCCN(C)c1nc(SCc2cccc(C(=O)NCC(C)C)c2)nc(C)c1C. The van der Waals surface area contributed by atoms with Gasteiger partial charge in [0.2, 0.25) is 0 Å². The van der Waals surface area contributed by atoms with E-state index >= 15 is 0 Å². The van der Waals surface area contributed by atoms with Crippen molar-refractivity contribution in [1.29, 1.82) is 0 Å². The zero-order chi connectivity index (χ0) is 20.7. The highest BCUT2D eigenvalue weighted by molar-refractivity contribution is 7.98. The van der Waals surface area contributed by atoms with E-state index in [1.165, 1.54) is 0 Å². The molecule has 5 nitrogen and oxygen atoms in total. The van der Waals surface area contributed by atoms with Gasteiger partial charge in [-0.2, -0.15) is 0 Å². The first-order valence-corrected chi connectivity index (χ1v) is 10.9. The maximum atomic E-state index is 12.3. The number of anilines is 1. The van der Waals surface area contributed by atoms with E-state index < -0.39 is 0 Å². The molecular weight excluding hydrogens is 368 g/mol. The Kier molecular flexibility index (Phi) is 8.30. The second-order valence-electron chi connectivity index (χ2n) is 7.55. The second kappa shape index (κ2) is 10.5. The third-order valence-electron chi connectivity index (χ3n) is 4.49. The van der Waals surface area contributed by atoms with E-state index in [1.807, 2.05) is 31.2 Å². The molecule has 2 aromatic rings. The van der Waals surface area contributed by atoms with Crippen LogP contribution in [0.5, 0.6) is 0 Å². The van der Waals surface area contributed by atoms with Crippen molar-refractivity contribution in [3.05, 3.63) is 46.6 Å². The van der Waals surface area contributed by atoms with Gasteiger partial charge < -0.3 is 10.2 Å². The van der Waals surface area contributed by atoms with Crippen LogP contribution in [0, 0.1) is 19.8 Å². The average molecular weight is 401 g/mol. The summed E-state index contributed by atoms with van der Waals surface area (Å²) in [6.07, 6.45) is 1.08. The van der Waals surface area contributed by atoms with Crippen LogP contribution in [0.3, 0.4) is 0 Å². The number of nitrogens with one attached hydrogen (secondary N) is 1. The molecule has 0 saturated heterocycles. The molecule has 0 radical (unpaired) electrons. The first-order valence-electron chi connectivity index (χ1n) is 9.88. The highest BCUT2D eigenvalue weighted by Gasteiger charge is 2.13. The quantitative estimate of drug-likeness (QED) is 0.492. The van der Waals surface area contributed by atoms with Crippen molar-refractivity contribution in [2.75, 3.05) is 25.0 Å². The lowest BCUT2D eigenvalue weighted by atomic mass is 10.1. The Morgan fingerprint density at radius 2 is 2.00 bits per heavy atom. The molecule has 0 aliphatic heterocycles. The number of aromatic nitrogens is 2. The van der Waals surface area contributed by atoms with E-state index in [0.29, 0.717) is 18.0 Å². The van der Waals surface area contributed by atoms with E-state index in [1.54, 1.807) is 11.8 Å². The molecular formula is C22H32N4OS. The fraction of sp³-hybridized carbons (Fsp3) is 0.500. The first kappa shape index (κ1) is 22.2. The van der Waals surface area contributed by atoms with Crippen LogP contribution in [0.4, 0.5) is 5.82 Å². The summed E-state index contributed by atoms with van der Waals surface area (Å²) >= 11 is 1.60. The number of hydrogen-bond donors (Lipinski definition) is 1. The third kappa shape index (κ3) is 6.23. The van der Waals surface area contributed by atoms with Gasteiger partial charge >= 0.3 is 0 Å². The fourth-order valence-electron chi connectivity index (χ4n) is 2.82. The minimum absolute atomic E-state index is 0.0218. The number of aryl methyl sites for hydroxylation is 1. The van der Waals surface area contributed by atoms with Crippen LogP contribution in [0.25, 0.3) is 0 Å². The summed E-state index contributed by atoms with van der Waals surface area (Å²) in [6.45, 7) is 12.1. The van der Waals surface area contributed by atoms with Crippen molar-refractivity contribution in [1.82, 2.24) is 15.3 Å². The molecule has 1 heterocycles. The van der Waals surface area contributed by atoms with Crippen molar-refractivity contribution in [2.45, 2.75) is 51.9 Å². The van der Waals surface area contributed by atoms with Crippen LogP contribution < -0.4 is 10.2 Å². The number of nitrogens with zero attached hydrogens (tertiary/aromatic N) is 3. The Morgan fingerprint density at radius 3 is 2.68 bits per heavy atom. The van der Waals surface area contributed by atoms with E-state index in [9.17, 15) is 4.79 Å². The molecule has 1 amide bonds. The van der Waals surface area contributed by atoms with Crippen molar-refractivity contribution in [3.8, 4) is 0 Å². The largest absolute Gasteiger partial charge is 0.359 e. The van der Waals surface area contributed by atoms with Crippen molar-refractivity contribution >= 4 is 23.5 Å². The summed E-state index contributed by atoms with van der Waals surface area (Å²) in [4.78, 5) is 23.9. The summed E-state index contributed by atoms with van der Waals surface area (Å²) in [7, 11) is 2.08. The summed E-state index contributed by atoms with van der Waals surface area (Å²) in [5, 5.41) is 3.74. The molecule has 1 aromatic heterocycles. The normalized spacial score (nSPS) is 11.0. The molecule has 0 saturated carbocycles. The molecule has 0 fully saturated rings. The number of carbonyl (C=O) groups excluding carboxylic acids is 1. The lowest BCUT2D eigenvalue weighted by Gasteiger charge is -2.20. The standard InChI is InChI=1S/C22H32N4OS/c1-7-11-26(6)20-16(4)17(5)24-22(25-20)28-14-18-9-8-10-19(12-18)21(27)23-13-15(2)3/h8-10,12,15H,7,11,13-14H2,1-6H3,(H,23,27). The molecule has 0 unspecified atom stereocenters. The molecule has 6 heteroatoms. The number of amides is 1. The number of carbonyl (C=O) groups is 1. The van der Waals surface area contributed by atoms with Gasteiger partial charge in [0.05, 0.1) is 0 Å². The van der Waals surface area contributed by atoms with E-state index in [4.69, 9.17) is 4.98 Å². The second-order valence-corrected chi connectivity index (χ2v) is 8.50. The van der Waals surface area contributed by atoms with Gasteiger partial charge in [-0.15, -0.1) is 0 Å². The molecule has 152 valence electrons. The summed E-state index contributed by atoms with van der Waals surface area (Å²) in [5.74, 6) is 2.14. The Hall–Kier alpha value is -2.08. The van der Waals surface area contributed by atoms with Gasteiger partial charge in [0, 0.05) is 42.7 Å². The Balaban J connectivity index is 2.10. The van der Waals surface area contributed by atoms with Crippen LogP contribution in [-0.4, -0.2) is 36.0 Å². The summed E-state index contributed by atoms with van der Waals surface area (Å²) in [5.41, 5.74) is 3.93. The fourth-order valence-corrected chi connectivity index (χ4v) is 3.64. The molecule has 0 aliphatic carbocycles. The van der Waals surface area contributed by atoms with Gasteiger partial charge in [-0.05, 0) is 43.9 Å². The Morgan fingerprint density at radius 1 is 1.25 bits per heavy atom. The lowest BCUT2D eigenvalue weighted by Crippen LogP contribution is -2.27. The van der Waals surface area contributed by atoms with Crippen molar-refractivity contribution in [2.24, 2.45) is 5.92 Å². The van der Waals surface area contributed by atoms with Crippen LogP contribution in [0.1, 0.15) is 54.4 Å². The van der Waals surface area contributed by atoms with Crippen LogP contribution in [-0.2, 0) is 5.75 Å². The average Bonchev–Trinajstić information content (AvgIpc) is 2.67. The van der Waals surface area contributed by atoms with Gasteiger partial charge in [-0.3, -0.25) is 4.79 Å². The van der Waals surface area contributed by atoms with E-state index in [2.05, 4.69) is 49.9 Å². The minimum atomic E-state index is -0.0218. The zero-order valence-corrected chi connectivity index (χ0v) is 18.7. The summed E-state index contributed by atoms with van der Waals surface area (Å²) in [6, 6.07) is 7.78.